The van der Waals surface area contributed by atoms with Gasteiger partial charge in [0.25, 0.3) is 0 Å². The standard InChI is InChI=1S/C13H14BrN3O/c14-10-6-2-1-5-9(10)12-16-13(18-17-12)11-7-3-4-8-15-11/h1-2,5-6,11,15H,3-4,7-8H2/t11-/m1/s1. The zero-order valence-corrected chi connectivity index (χ0v) is 11.5. The molecule has 1 fully saturated rings. The number of halogens is 1. The monoisotopic (exact) mass is 307 g/mol. The van der Waals surface area contributed by atoms with Crippen molar-refractivity contribution in [3.8, 4) is 11.4 Å². The molecule has 0 saturated carbocycles. The van der Waals surface area contributed by atoms with Crippen molar-refractivity contribution in [1.82, 2.24) is 15.5 Å². The van der Waals surface area contributed by atoms with E-state index in [0.29, 0.717) is 11.7 Å². The first kappa shape index (κ1) is 11.9. The predicted octanol–water partition coefficient (Wildman–Crippen LogP) is 3.31. The van der Waals surface area contributed by atoms with Gasteiger partial charge in [-0.05, 0) is 31.5 Å². The van der Waals surface area contributed by atoms with Gasteiger partial charge in [0.15, 0.2) is 0 Å². The van der Waals surface area contributed by atoms with E-state index in [1.807, 2.05) is 24.3 Å². The minimum atomic E-state index is 0.211. The van der Waals surface area contributed by atoms with Crippen LogP contribution in [0.3, 0.4) is 0 Å². The molecule has 1 N–H and O–H groups in total. The fraction of sp³-hybridized carbons (Fsp3) is 0.385. The Labute approximate surface area is 114 Å². The second kappa shape index (κ2) is 5.20. The zero-order chi connectivity index (χ0) is 12.4. The van der Waals surface area contributed by atoms with E-state index in [2.05, 4.69) is 31.4 Å². The van der Waals surface area contributed by atoms with Crippen LogP contribution in [-0.2, 0) is 0 Å². The molecular formula is C13H14BrN3O. The molecule has 1 aromatic heterocycles. The summed E-state index contributed by atoms with van der Waals surface area (Å²) in [6, 6.07) is 8.10. The van der Waals surface area contributed by atoms with Crippen LogP contribution in [0.25, 0.3) is 11.4 Å². The molecule has 2 heterocycles. The normalized spacial score (nSPS) is 19.9. The van der Waals surface area contributed by atoms with Gasteiger partial charge < -0.3 is 9.84 Å². The number of hydrogen-bond donors (Lipinski definition) is 1. The van der Waals surface area contributed by atoms with Crippen LogP contribution in [-0.4, -0.2) is 16.7 Å². The molecule has 1 saturated heterocycles. The fourth-order valence-corrected chi connectivity index (χ4v) is 2.65. The van der Waals surface area contributed by atoms with Crippen LogP contribution in [0, 0.1) is 0 Å². The summed E-state index contributed by atoms with van der Waals surface area (Å²) in [7, 11) is 0. The molecule has 0 radical (unpaired) electrons. The van der Waals surface area contributed by atoms with E-state index >= 15 is 0 Å². The molecule has 4 nitrogen and oxygen atoms in total. The van der Waals surface area contributed by atoms with E-state index in [9.17, 15) is 0 Å². The minimum Gasteiger partial charge on any atom is -0.337 e. The van der Waals surface area contributed by atoms with Crippen LogP contribution >= 0.6 is 15.9 Å². The molecule has 18 heavy (non-hydrogen) atoms. The first-order chi connectivity index (χ1) is 8.84. The molecule has 0 amide bonds. The topological polar surface area (TPSA) is 51.0 Å². The van der Waals surface area contributed by atoms with Crippen LogP contribution < -0.4 is 5.32 Å². The first-order valence-electron chi connectivity index (χ1n) is 6.16. The molecule has 3 rings (SSSR count). The molecule has 94 valence electrons. The number of piperidine rings is 1. The molecule has 1 aromatic carbocycles. The minimum absolute atomic E-state index is 0.211. The molecule has 0 unspecified atom stereocenters. The van der Waals surface area contributed by atoms with E-state index in [1.54, 1.807) is 0 Å². The largest absolute Gasteiger partial charge is 0.337 e. The van der Waals surface area contributed by atoms with Crippen molar-refractivity contribution in [2.24, 2.45) is 0 Å². The SMILES string of the molecule is Brc1ccccc1-c1noc([C@H]2CCCCN2)n1. The smallest absolute Gasteiger partial charge is 0.244 e. The molecule has 2 aromatic rings. The number of benzene rings is 1. The predicted molar refractivity (Wildman–Crippen MR) is 72.0 cm³/mol. The highest BCUT2D eigenvalue weighted by atomic mass is 79.9. The summed E-state index contributed by atoms with van der Waals surface area (Å²) in [5.74, 6) is 1.34. The lowest BCUT2D eigenvalue weighted by Crippen LogP contribution is -2.26. The highest BCUT2D eigenvalue weighted by Crippen LogP contribution is 2.28. The Bertz CT molecular complexity index is 535. The Morgan fingerprint density at radius 3 is 2.94 bits per heavy atom. The lowest BCUT2D eigenvalue weighted by atomic mass is 10.1. The maximum Gasteiger partial charge on any atom is 0.244 e. The van der Waals surface area contributed by atoms with Crippen molar-refractivity contribution in [2.45, 2.75) is 25.3 Å². The Morgan fingerprint density at radius 2 is 2.17 bits per heavy atom. The number of hydrogen-bond acceptors (Lipinski definition) is 4. The molecule has 0 aliphatic carbocycles. The van der Waals surface area contributed by atoms with Crippen LogP contribution in [0.5, 0.6) is 0 Å². The van der Waals surface area contributed by atoms with Gasteiger partial charge in [0, 0.05) is 10.0 Å². The molecule has 1 atom stereocenters. The van der Waals surface area contributed by atoms with Gasteiger partial charge in [-0.25, -0.2) is 0 Å². The van der Waals surface area contributed by atoms with Crippen molar-refractivity contribution in [3.05, 3.63) is 34.6 Å². The van der Waals surface area contributed by atoms with Crippen LogP contribution in [0.4, 0.5) is 0 Å². The highest BCUT2D eigenvalue weighted by molar-refractivity contribution is 9.10. The number of nitrogens with one attached hydrogen (secondary N) is 1. The second-order valence-electron chi connectivity index (χ2n) is 4.44. The molecule has 0 spiro atoms. The quantitative estimate of drug-likeness (QED) is 0.924. The van der Waals surface area contributed by atoms with E-state index in [4.69, 9.17) is 4.52 Å². The lowest BCUT2D eigenvalue weighted by Gasteiger charge is -2.19. The van der Waals surface area contributed by atoms with Gasteiger partial charge in [-0.2, -0.15) is 4.98 Å². The molecule has 1 aliphatic rings. The average molecular weight is 308 g/mol. The summed E-state index contributed by atoms with van der Waals surface area (Å²) in [4.78, 5) is 4.49. The maximum atomic E-state index is 5.37. The molecule has 1 aliphatic heterocycles. The van der Waals surface area contributed by atoms with Gasteiger partial charge in [-0.1, -0.05) is 39.6 Å². The highest BCUT2D eigenvalue weighted by Gasteiger charge is 2.21. The van der Waals surface area contributed by atoms with Crippen molar-refractivity contribution in [3.63, 3.8) is 0 Å². The third-order valence-corrected chi connectivity index (χ3v) is 3.86. The van der Waals surface area contributed by atoms with Gasteiger partial charge >= 0.3 is 0 Å². The lowest BCUT2D eigenvalue weighted by molar-refractivity contribution is 0.297. The summed E-state index contributed by atoms with van der Waals surface area (Å²) in [5.41, 5.74) is 0.961. The van der Waals surface area contributed by atoms with Gasteiger partial charge in [-0.3, -0.25) is 0 Å². The summed E-state index contributed by atoms with van der Waals surface area (Å²) < 4.78 is 6.35. The van der Waals surface area contributed by atoms with Crippen molar-refractivity contribution in [2.75, 3.05) is 6.54 Å². The molecule has 0 bridgehead atoms. The molecular weight excluding hydrogens is 294 g/mol. The summed E-state index contributed by atoms with van der Waals surface area (Å²) in [6.45, 7) is 1.03. The Hall–Kier alpha value is -1.20. The Morgan fingerprint density at radius 1 is 1.28 bits per heavy atom. The van der Waals surface area contributed by atoms with Gasteiger partial charge in [0.1, 0.15) is 0 Å². The van der Waals surface area contributed by atoms with Crippen LogP contribution in [0.1, 0.15) is 31.2 Å². The zero-order valence-electron chi connectivity index (χ0n) is 9.90. The van der Waals surface area contributed by atoms with Crippen LogP contribution in [0.2, 0.25) is 0 Å². The number of nitrogens with zero attached hydrogens (tertiary/aromatic N) is 2. The maximum absolute atomic E-state index is 5.37. The Balaban J connectivity index is 1.87. The summed E-state index contributed by atoms with van der Waals surface area (Å²) >= 11 is 3.50. The number of rotatable bonds is 2. The van der Waals surface area contributed by atoms with E-state index in [-0.39, 0.29) is 6.04 Å². The van der Waals surface area contributed by atoms with Crippen LogP contribution in [0.15, 0.2) is 33.3 Å². The van der Waals surface area contributed by atoms with Gasteiger partial charge in [0.2, 0.25) is 11.7 Å². The summed E-state index contributed by atoms with van der Waals surface area (Å²) in [6.07, 6.45) is 3.50. The summed E-state index contributed by atoms with van der Waals surface area (Å²) in [5, 5.41) is 7.47. The van der Waals surface area contributed by atoms with Crippen molar-refractivity contribution >= 4 is 15.9 Å². The van der Waals surface area contributed by atoms with E-state index in [0.717, 1.165) is 23.0 Å². The first-order valence-corrected chi connectivity index (χ1v) is 6.96. The van der Waals surface area contributed by atoms with Crippen molar-refractivity contribution in [1.29, 1.82) is 0 Å². The van der Waals surface area contributed by atoms with E-state index < -0.39 is 0 Å². The second-order valence-corrected chi connectivity index (χ2v) is 5.29. The third-order valence-electron chi connectivity index (χ3n) is 3.16. The fourth-order valence-electron chi connectivity index (χ4n) is 2.19. The average Bonchev–Trinajstić information content (AvgIpc) is 2.90. The molecule has 5 heteroatoms. The Kier molecular flexibility index (Phi) is 3.43. The third kappa shape index (κ3) is 2.33. The van der Waals surface area contributed by atoms with Gasteiger partial charge in [-0.15, -0.1) is 0 Å². The number of aromatic nitrogens is 2. The van der Waals surface area contributed by atoms with E-state index in [1.165, 1.54) is 12.8 Å². The van der Waals surface area contributed by atoms with Crippen molar-refractivity contribution < 1.29 is 4.52 Å². The van der Waals surface area contributed by atoms with Gasteiger partial charge in [0.05, 0.1) is 6.04 Å².